The highest BCUT2D eigenvalue weighted by Crippen LogP contribution is 2.28. The molecular weight excluding hydrogens is 476 g/mol. The van der Waals surface area contributed by atoms with E-state index in [0.717, 1.165) is 32.4 Å². The molecule has 0 spiro atoms. The average Bonchev–Trinajstić information content (AvgIpc) is 2.86. The Morgan fingerprint density at radius 2 is 1.69 bits per heavy atom. The number of aryl methyl sites for hydroxylation is 2. The normalized spacial score (nSPS) is 15.0. The molecule has 1 aliphatic rings. The molecule has 1 aromatic carbocycles. The zero-order valence-electron chi connectivity index (χ0n) is 22.2. The van der Waals surface area contributed by atoms with Gasteiger partial charge in [0.1, 0.15) is 11.5 Å². The van der Waals surface area contributed by atoms with Gasteiger partial charge in [-0.3, -0.25) is 14.7 Å². The molecule has 36 heavy (non-hydrogen) atoms. The number of aromatic nitrogens is 1. The third kappa shape index (κ3) is 7.27. The summed E-state index contributed by atoms with van der Waals surface area (Å²) < 4.78 is 33.0. The maximum atomic E-state index is 13.2. The Kier molecular flexibility index (Phi) is 9.87. The summed E-state index contributed by atoms with van der Waals surface area (Å²) in [5.41, 5.74) is 2.54. The number of hydrogen-bond acceptors (Lipinski definition) is 7. The van der Waals surface area contributed by atoms with Crippen LogP contribution in [0.25, 0.3) is 0 Å². The number of ketones is 1. The molecule has 0 radical (unpaired) electrons. The van der Waals surface area contributed by atoms with Crippen LogP contribution in [0.1, 0.15) is 36.8 Å². The molecule has 8 nitrogen and oxygen atoms in total. The predicted molar refractivity (Wildman–Crippen MR) is 143 cm³/mol. The Bertz CT molecular complexity index is 1090. The summed E-state index contributed by atoms with van der Waals surface area (Å²) in [6, 6.07) is 7.56. The second-order valence-corrected chi connectivity index (χ2v) is 11.8. The quantitative estimate of drug-likeness (QED) is 0.427. The highest BCUT2D eigenvalue weighted by Gasteiger charge is 2.26. The van der Waals surface area contributed by atoms with Crippen LogP contribution >= 0.6 is 0 Å². The van der Waals surface area contributed by atoms with Crippen LogP contribution in [0, 0.1) is 19.8 Å². The van der Waals surface area contributed by atoms with Crippen LogP contribution in [-0.2, 0) is 14.8 Å². The van der Waals surface area contributed by atoms with Gasteiger partial charge in [-0.2, -0.15) is 4.31 Å². The minimum atomic E-state index is -3.64. The molecule has 3 rings (SSSR count). The van der Waals surface area contributed by atoms with Crippen molar-refractivity contribution >= 4 is 21.5 Å². The number of likely N-dealkylation sites (N-methyl/N-ethyl adjacent to an activating group) is 2. The first kappa shape index (κ1) is 28.1. The lowest BCUT2D eigenvalue weighted by Crippen LogP contribution is -2.37. The second kappa shape index (κ2) is 12.7. The summed E-state index contributed by atoms with van der Waals surface area (Å²) >= 11 is 0. The molecule has 1 aliphatic heterocycles. The number of ether oxygens (including phenoxy) is 1. The Morgan fingerprint density at radius 1 is 1.08 bits per heavy atom. The fourth-order valence-electron chi connectivity index (χ4n) is 4.88. The lowest BCUT2D eigenvalue weighted by molar-refractivity contribution is -0.120. The second-order valence-electron chi connectivity index (χ2n) is 9.87. The third-order valence-corrected chi connectivity index (χ3v) is 9.22. The van der Waals surface area contributed by atoms with Crippen LogP contribution < -0.4 is 9.64 Å². The topological polar surface area (TPSA) is 83.1 Å². The fourth-order valence-corrected chi connectivity index (χ4v) is 6.45. The average molecular weight is 517 g/mol. The lowest BCUT2D eigenvalue weighted by Gasteiger charge is -2.33. The number of hydrogen-bond donors (Lipinski definition) is 0. The summed E-state index contributed by atoms with van der Waals surface area (Å²) in [5.74, 6) is 1.43. The van der Waals surface area contributed by atoms with Crippen LogP contribution in [0.4, 0.5) is 5.69 Å². The predicted octanol–water partition coefficient (Wildman–Crippen LogP) is 3.53. The van der Waals surface area contributed by atoms with Gasteiger partial charge < -0.3 is 9.64 Å². The van der Waals surface area contributed by atoms with Crippen molar-refractivity contribution in [3.05, 3.63) is 47.8 Å². The number of rotatable bonds is 12. The zero-order chi connectivity index (χ0) is 26.3. The van der Waals surface area contributed by atoms with Gasteiger partial charge in [0, 0.05) is 57.7 Å². The number of piperidine rings is 1. The van der Waals surface area contributed by atoms with Gasteiger partial charge in [-0.15, -0.1) is 0 Å². The molecule has 198 valence electrons. The fraction of sp³-hybridized carbons (Fsp3) is 0.556. The van der Waals surface area contributed by atoms with Gasteiger partial charge >= 0.3 is 0 Å². The van der Waals surface area contributed by atoms with E-state index >= 15 is 0 Å². The summed E-state index contributed by atoms with van der Waals surface area (Å²) in [6.07, 6.45) is 7.33. The van der Waals surface area contributed by atoms with Gasteiger partial charge in [0.15, 0.2) is 0 Å². The van der Waals surface area contributed by atoms with Crippen LogP contribution in [0.3, 0.4) is 0 Å². The van der Waals surface area contributed by atoms with E-state index in [9.17, 15) is 13.2 Å². The molecule has 2 aromatic rings. The molecule has 0 atom stereocenters. The molecule has 1 fully saturated rings. The minimum Gasteiger partial charge on any atom is -0.497 e. The van der Waals surface area contributed by atoms with Gasteiger partial charge in [-0.25, -0.2) is 8.42 Å². The van der Waals surface area contributed by atoms with E-state index in [1.807, 2.05) is 36.5 Å². The zero-order valence-corrected chi connectivity index (χ0v) is 23.1. The van der Waals surface area contributed by atoms with E-state index in [1.54, 1.807) is 40.1 Å². The number of benzene rings is 1. The van der Waals surface area contributed by atoms with Crippen molar-refractivity contribution in [3.8, 4) is 5.75 Å². The summed E-state index contributed by atoms with van der Waals surface area (Å²) in [6.45, 7) is 6.72. The Labute approximate surface area is 216 Å². The molecule has 1 saturated heterocycles. The van der Waals surface area contributed by atoms with Crippen molar-refractivity contribution in [2.24, 2.45) is 5.92 Å². The van der Waals surface area contributed by atoms with Crippen LogP contribution in [0.5, 0.6) is 5.75 Å². The van der Waals surface area contributed by atoms with Crippen molar-refractivity contribution in [1.29, 1.82) is 0 Å². The molecule has 0 unspecified atom stereocenters. The largest absolute Gasteiger partial charge is 0.497 e. The SMILES string of the molecule is COc1cc(C)c(S(=O)(=O)N(C)CCN(C)CC(=O)CCC2CCN(c3ccncc3)CC2)c(C)c1. The molecule has 0 aliphatic carbocycles. The number of anilines is 1. The van der Waals surface area contributed by atoms with Crippen LogP contribution in [-0.4, -0.2) is 82.3 Å². The van der Waals surface area contributed by atoms with Crippen molar-refractivity contribution in [2.75, 3.05) is 58.8 Å². The van der Waals surface area contributed by atoms with Gasteiger partial charge in [-0.05, 0) is 81.5 Å². The van der Waals surface area contributed by atoms with E-state index in [0.29, 0.717) is 53.7 Å². The highest BCUT2D eigenvalue weighted by atomic mass is 32.2. The molecule has 9 heteroatoms. The van der Waals surface area contributed by atoms with Crippen molar-refractivity contribution in [3.63, 3.8) is 0 Å². The number of carbonyl (C=O) groups excluding carboxylic acids is 1. The first-order chi connectivity index (χ1) is 17.1. The first-order valence-corrected chi connectivity index (χ1v) is 14.0. The van der Waals surface area contributed by atoms with Crippen molar-refractivity contribution < 1.29 is 17.9 Å². The monoisotopic (exact) mass is 516 g/mol. The number of sulfonamides is 1. The number of carbonyl (C=O) groups is 1. The van der Waals surface area contributed by atoms with Gasteiger partial charge in [0.25, 0.3) is 0 Å². The molecule has 0 amide bonds. The standard InChI is InChI=1S/C27H40N4O4S/c1-21-18-26(35-5)19-22(2)27(21)36(33,34)30(4)17-16-29(3)20-25(32)7-6-23-10-14-31(15-11-23)24-8-12-28-13-9-24/h8-9,12-13,18-19,23H,6-7,10-11,14-17,20H2,1-5H3. The number of nitrogens with zero attached hydrogens (tertiary/aromatic N) is 4. The van der Waals surface area contributed by atoms with Gasteiger partial charge in [0.05, 0.1) is 18.6 Å². The van der Waals surface area contributed by atoms with E-state index in [2.05, 4.69) is 9.88 Å². The molecular formula is C27H40N4O4S. The molecule has 1 aromatic heterocycles. The van der Waals surface area contributed by atoms with E-state index in [-0.39, 0.29) is 5.78 Å². The maximum absolute atomic E-state index is 13.2. The van der Waals surface area contributed by atoms with E-state index < -0.39 is 10.0 Å². The molecule has 2 heterocycles. The van der Waals surface area contributed by atoms with Crippen molar-refractivity contribution in [1.82, 2.24) is 14.2 Å². The number of pyridine rings is 1. The van der Waals surface area contributed by atoms with Crippen molar-refractivity contribution in [2.45, 2.75) is 44.4 Å². The summed E-state index contributed by atoms with van der Waals surface area (Å²) in [4.78, 5) is 21.3. The van der Waals surface area contributed by atoms with Gasteiger partial charge in [-0.1, -0.05) is 0 Å². The Balaban J connectivity index is 1.41. The first-order valence-electron chi connectivity index (χ1n) is 12.6. The molecule has 0 saturated carbocycles. The molecule has 0 bridgehead atoms. The lowest BCUT2D eigenvalue weighted by atomic mass is 9.91. The maximum Gasteiger partial charge on any atom is 0.243 e. The number of methoxy groups -OCH3 is 1. The third-order valence-electron chi connectivity index (χ3n) is 7.05. The Hall–Kier alpha value is -2.49. The Morgan fingerprint density at radius 3 is 2.28 bits per heavy atom. The molecule has 0 N–H and O–H groups in total. The number of Topliss-reactive ketones (excluding diaryl/α,β-unsaturated/α-hetero) is 1. The minimum absolute atomic E-state index is 0.210. The summed E-state index contributed by atoms with van der Waals surface area (Å²) in [7, 11) is 1.39. The smallest absolute Gasteiger partial charge is 0.243 e. The van der Waals surface area contributed by atoms with Gasteiger partial charge in [0.2, 0.25) is 10.0 Å². The highest BCUT2D eigenvalue weighted by molar-refractivity contribution is 7.89. The van der Waals surface area contributed by atoms with Crippen LogP contribution in [0.2, 0.25) is 0 Å². The van der Waals surface area contributed by atoms with E-state index in [4.69, 9.17) is 4.74 Å². The summed E-state index contributed by atoms with van der Waals surface area (Å²) in [5, 5.41) is 0. The van der Waals surface area contributed by atoms with E-state index in [1.165, 1.54) is 9.99 Å². The van der Waals surface area contributed by atoms with Crippen LogP contribution in [0.15, 0.2) is 41.6 Å².